The van der Waals surface area contributed by atoms with Gasteiger partial charge in [-0.15, -0.1) is 0 Å². The molecule has 1 aliphatic carbocycles. The Hall–Kier alpha value is -2.77. The molecule has 27 heavy (non-hydrogen) atoms. The van der Waals surface area contributed by atoms with Crippen LogP contribution in [-0.4, -0.2) is 40.9 Å². The third kappa shape index (κ3) is 6.16. The largest absolute Gasteiger partial charge is 0.480 e. The van der Waals surface area contributed by atoms with Gasteiger partial charge in [0.05, 0.1) is 0 Å². The lowest BCUT2D eigenvalue weighted by Gasteiger charge is -2.44. The Kier molecular flexibility index (Phi) is 6.30. The molecule has 3 N–H and O–H groups in total. The van der Waals surface area contributed by atoms with Crippen LogP contribution in [0.4, 0.5) is 9.59 Å². The first-order chi connectivity index (χ1) is 12.6. The fourth-order valence-corrected chi connectivity index (χ4v) is 2.90. The van der Waals surface area contributed by atoms with Crippen LogP contribution in [0.5, 0.6) is 0 Å². The minimum atomic E-state index is -1.36. The van der Waals surface area contributed by atoms with Gasteiger partial charge in [0.2, 0.25) is 0 Å². The van der Waals surface area contributed by atoms with E-state index < -0.39 is 29.3 Å². The second kappa shape index (κ2) is 8.28. The first-order valence-corrected chi connectivity index (χ1v) is 8.79. The van der Waals surface area contributed by atoms with Crippen molar-refractivity contribution in [1.29, 1.82) is 0 Å². The summed E-state index contributed by atoms with van der Waals surface area (Å²) < 4.78 is 10.2. The molecule has 0 aliphatic heterocycles. The molecule has 0 radical (unpaired) electrons. The third-order valence-corrected chi connectivity index (χ3v) is 4.17. The van der Waals surface area contributed by atoms with Gasteiger partial charge in [0.15, 0.2) is 0 Å². The molecule has 8 nitrogen and oxygen atoms in total. The molecule has 0 saturated heterocycles. The number of aliphatic carboxylic acids is 1. The van der Waals surface area contributed by atoms with Crippen molar-refractivity contribution in [3.63, 3.8) is 0 Å². The molecule has 1 aromatic carbocycles. The van der Waals surface area contributed by atoms with Crippen LogP contribution in [0, 0.1) is 5.92 Å². The van der Waals surface area contributed by atoms with Crippen LogP contribution in [-0.2, 0) is 20.9 Å². The Balaban J connectivity index is 1.74. The van der Waals surface area contributed by atoms with Crippen molar-refractivity contribution in [2.24, 2.45) is 5.92 Å². The number of ether oxygens (including phenoxy) is 2. The number of alkyl carbamates (subject to hydrolysis) is 2. The van der Waals surface area contributed by atoms with Crippen molar-refractivity contribution in [2.75, 3.05) is 6.54 Å². The molecule has 1 fully saturated rings. The summed E-state index contributed by atoms with van der Waals surface area (Å²) in [6.45, 7) is 5.55. The van der Waals surface area contributed by atoms with Gasteiger partial charge >= 0.3 is 18.2 Å². The minimum absolute atomic E-state index is 0.0692. The monoisotopic (exact) mass is 378 g/mol. The molecule has 0 spiro atoms. The van der Waals surface area contributed by atoms with E-state index in [1.165, 1.54) is 0 Å². The molecule has 1 saturated carbocycles. The first kappa shape index (κ1) is 20.5. The maximum atomic E-state index is 11.9. The summed E-state index contributed by atoms with van der Waals surface area (Å²) in [7, 11) is 0. The van der Waals surface area contributed by atoms with E-state index in [1.807, 2.05) is 30.3 Å². The van der Waals surface area contributed by atoms with E-state index in [9.17, 15) is 19.5 Å². The summed E-state index contributed by atoms with van der Waals surface area (Å²) in [4.78, 5) is 35.2. The standard InChI is InChI=1S/C19H26N2O6/c1-18(2,3)27-17(25)21-19(15(22)23)9-14(10-19)11-20-16(24)26-12-13-7-5-4-6-8-13/h4-8,14H,9-12H2,1-3H3,(H,20,24)(H,21,25)(H,22,23). The van der Waals surface area contributed by atoms with Gasteiger partial charge in [-0.3, -0.25) is 0 Å². The van der Waals surface area contributed by atoms with E-state index >= 15 is 0 Å². The number of amides is 2. The molecule has 1 aromatic rings. The predicted molar refractivity (Wildman–Crippen MR) is 97.1 cm³/mol. The Morgan fingerprint density at radius 1 is 1.15 bits per heavy atom. The quantitative estimate of drug-likeness (QED) is 0.701. The van der Waals surface area contributed by atoms with E-state index in [1.54, 1.807) is 20.8 Å². The lowest BCUT2D eigenvalue weighted by atomic mass is 9.68. The first-order valence-electron chi connectivity index (χ1n) is 8.79. The van der Waals surface area contributed by atoms with E-state index in [2.05, 4.69) is 10.6 Å². The van der Waals surface area contributed by atoms with Gasteiger partial charge in [-0.05, 0) is 45.1 Å². The lowest BCUT2D eigenvalue weighted by Crippen LogP contribution is -2.64. The smallest absolute Gasteiger partial charge is 0.408 e. The van der Waals surface area contributed by atoms with Gasteiger partial charge in [-0.2, -0.15) is 0 Å². The zero-order valence-corrected chi connectivity index (χ0v) is 15.8. The summed E-state index contributed by atoms with van der Waals surface area (Å²) in [5.41, 5.74) is -1.19. The molecule has 2 rings (SSSR count). The summed E-state index contributed by atoms with van der Waals surface area (Å²) in [6, 6.07) is 9.29. The molecular weight excluding hydrogens is 352 g/mol. The number of nitrogens with one attached hydrogen (secondary N) is 2. The second-order valence-corrected chi connectivity index (χ2v) is 7.73. The molecule has 0 unspecified atom stereocenters. The maximum absolute atomic E-state index is 11.9. The average molecular weight is 378 g/mol. The Labute approximate surface area is 158 Å². The van der Waals surface area contributed by atoms with Gasteiger partial charge in [0.25, 0.3) is 0 Å². The van der Waals surface area contributed by atoms with Crippen molar-refractivity contribution in [3.05, 3.63) is 35.9 Å². The zero-order valence-electron chi connectivity index (χ0n) is 15.8. The van der Waals surface area contributed by atoms with Gasteiger partial charge in [0, 0.05) is 6.54 Å². The Morgan fingerprint density at radius 2 is 1.78 bits per heavy atom. The van der Waals surface area contributed by atoms with Crippen LogP contribution in [0.3, 0.4) is 0 Å². The third-order valence-electron chi connectivity index (χ3n) is 4.17. The van der Waals surface area contributed by atoms with Gasteiger partial charge < -0.3 is 25.2 Å². The van der Waals surface area contributed by atoms with Crippen molar-refractivity contribution in [2.45, 2.75) is 51.4 Å². The number of carboxylic acid groups (broad SMARTS) is 1. The molecule has 148 valence electrons. The molecule has 0 bridgehead atoms. The number of hydrogen-bond donors (Lipinski definition) is 3. The van der Waals surface area contributed by atoms with E-state index in [4.69, 9.17) is 9.47 Å². The number of rotatable bonds is 6. The summed E-state index contributed by atoms with van der Waals surface area (Å²) in [6.07, 6.45) is -0.911. The molecular formula is C19H26N2O6. The summed E-state index contributed by atoms with van der Waals surface area (Å²) in [5.74, 6) is -1.18. The lowest BCUT2D eigenvalue weighted by molar-refractivity contribution is -0.151. The van der Waals surface area contributed by atoms with Crippen LogP contribution < -0.4 is 10.6 Å². The normalized spacial score (nSPS) is 21.5. The van der Waals surface area contributed by atoms with Crippen LogP contribution in [0.2, 0.25) is 0 Å². The van der Waals surface area contributed by atoms with Crippen LogP contribution >= 0.6 is 0 Å². The fraction of sp³-hybridized carbons (Fsp3) is 0.526. The highest BCUT2D eigenvalue weighted by Gasteiger charge is 2.52. The Morgan fingerprint density at radius 3 is 2.33 bits per heavy atom. The maximum Gasteiger partial charge on any atom is 0.408 e. The molecule has 2 amide bonds. The second-order valence-electron chi connectivity index (χ2n) is 7.73. The van der Waals surface area contributed by atoms with Gasteiger partial charge in [-0.25, -0.2) is 14.4 Å². The average Bonchev–Trinajstić information content (AvgIpc) is 2.53. The topological polar surface area (TPSA) is 114 Å². The molecule has 0 aromatic heterocycles. The molecule has 8 heteroatoms. The van der Waals surface area contributed by atoms with E-state index in [0.29, 0.717) is 0 Å². The highest BCUT2D eigenvalue weighted by atomic mass is 16.6. The number of carbonyl (C=O) groups excluding carboxylic acids is 2. The number of carboxylic acids is 1. The van der Waals surface area contributed by atoms with Crippen LogP contribution in [0.1, 0.15) is 39.2 Å². The summed E-state index contributed by atoms with van der Waals surface area (Å²) >= 11 is 0. The predicted octanol–water partition coefficient (Wildman–Crippen LogP) is 2.67. The van der Waals surface area contributed by atoms with Crippen LogP contribution in [0.25, 0.3) is 0 Å². The molecule has 1 aliphatic rings. The minimum Gasteiger partial charge on any atom is -0.480 e. The Bertz CT molecular complexity index is 677. The molecule has 0 heterocycles. The number of hydrogen-bond acceptors (Lipinski definition) is 5. The van der Waals surface area contributed by atoms with Crippen molar-refractivity contribution in [3.8, 4) is 0 Å². The SMILES string of the molecule is CC(C)(C)OC(=O)NC1(C(=O)O)CC(CNC(=O)OCc2ccccc2)C1. The van der Waals surface area contributed by atoms with Crippen molar-refractivity contribution >= 4 is 18.2 Å². The van der Waals surface area contributed by atoms with Crippen molar-refractivity contribution in [1.82, 2.24) is 10.6 Å². The van der Waals surface area contributed by atoms with E-state index in [0.717, 1.165) is 5.56 Å². The van der Waals surface area contributed by atoms with E-state index in [-0.39, 0.29) is 31.9 Å². The van der Waals surface area contributed by atoms with Crippen LogP contribution in [0.15, 0.2) is 30.3 Å². The molecule has 0 atom stereocenters. The highest BCUT2D eigenvalue weighted by molar-refractivity contribution is 5.85. The van der Waals surface area contributed by atoms with Crippen molar-refractivity contribution < 1.29 is 29.0 Å². The summed E-state index contributed by atoms with van der Waals surface area (Å²) in [5, 5.41) is 14.5. The highest BCUT2D eigenvalue weighted by Crippen LogP contribution is 2.38. The number of benzene rings is 1. The fourth-order valence-electron chi connectivity index (χ4n) is 2.90. The number of carbonyl (C=O) groups is 3. The van der Waals surface area contributed by atoms with Gasteiger partial charge in [-0.1, -0.05) is 30.3 Å². The zero-order chi connectivity index (χ0) is 20.1. The van der Waals surface area contributed by atoms with Gasteiger partial charge in [0.1, 0.15) is 17.7 Å².